The maximum absolute atomic E-state index is 12.6. The van der Waals surface area contributed by atoms with Crippen molar-refractivity contribution in [1.29, 1.82) is 0 Å². The van der Waals surface area contributed by atoms with Gasteiger partial charge in [0.25, 0.3) is 0 Å². The Morgan fingerprint density at radius 3 is 2.45 bits per heavy atom. The third kappa shape index (κ3) is 5.64. The molecular weight excluding hydrogens is 438 g/mol. The Balaban J connectivity index is 1.23. The van der Waals surface area contributed by atoms with Crippen molar-refractivity contribution in [3.63, 3.8) is 0 Å². The second-order valence-corrected chi connectivity index (χ2v) is 9.85. The van der Waals surface area contributed by atoms with Crippen molar-refractivity contribution in [2.75, 3.05) is 44.7 Å². The Morgan fingerprint density at radius 1 is 0.939 bits per heavy atom. The number of amides is 1. The lowest BCUT2D eigenvalue weighted by atomic mass is 10.1. The molecule has 1 heterocycles. The van der Waals surface area contributed by atoms with Crippen LogP contribution in [0.5, 0.6) is 5.75 Å². The van der Waals surface area contributed by atoms with E-state index in [1.165, 1.54) is 0 Å². The number of carbonyl (C=O) groups is 1. The molecule has 1 fully saturated rings. The standard InChI is InChI=1S/C25H29N3O4S/c1-32-23-9-4-8-22(19-23)27-14-16-28(17-15-27)25(29)10-5-13-26-33(30,31)24-12-11-20-6-2-3-7-21(20)18-24/h2-4,6-9,11-12,18-19,26H,5,10,13-17H2,1H3. The molecule has 0 aliphatic carbocycles. The summed E-state index contributed by atoms with van der Waals surface area (Å²) in [5.41, 5.74) is 1.09. The van der Waals surface area contributed by atoms with Crippen molar-refractivity contribution in [3.05, 3.63) is 66.7 Å². The molecule has 1 aliphatic rings. The van der Waals surface area contributed by atoms with Crippen LogP contribution < -0.4 is 14.4 Å². The van der Waals surface area contributed by atoms with Crippen molar-refractivity contribution in [3.8, 4) is 5.75 Å². The van der Waals surface area contributed by atoms with Crippen molar-refractivity contribution >= 4 is 32.4 Å². The number of rotatable bonds is 8. The van der Waals surface area contributed by atoms with Gasteiger partial charge in [-0.3, -0.25) is 4.79 Å². The second kappa shape index (κ2) is 10.2. The number of carbonyl (C=O) groups excluding carboxylic acids is 1. The van der Waals surface area contributed by atoms with Crippen LogP contribution in [0.2, 0.25) is 0 Å². The van der Waals surface area contributed by atoms with Crippen LogP contribution in [0.1, 0.15) is 12.8 Å². The van der Waals surface area contributed by atoms with Gasteiger partial charge in [0.1, 0.15) is 5.75 Å². The van der Waals surface area contributed by atoms with Gasteiger partial charge in [-0.05, 0) is 41.5 Å². The van der Waals surface area contributed by atoms with Crippen LogP contribution in [-0.4, -0.2) is 59.1 Å². The number of anilines is 1. The summed E-state index contributed by atoms with van der Waals surface area (Å²) < 4.78 is 33.1. The Hall–Kier alpha value is -3.10. The fourth-order valence-corrected chi connectivity index (χ4v) is 5.15. The zero-order valence-corrected chi connectivity index (χ0v) is 19.6. The van der Waals surface area contributed by atoms with Crippen LogP contribution in [0.15, 0.2) is 71.6 Å². The number of hydrogen-bond donors (Lipinski definition) is 1. The number of hydrogen-bond acceptors (Lipinski definition) is 5. The molecule has 33 heavy (non-hydrogen) atoms. The smallest absolute Gasteiger partial charge is 0.240 e. The highest BCUT2D eigenvalue weighted by molar-refractivity contribution is 7.89. The number of fused-ring (bicyclic) bond motifs is 1. The highest BCUT2D eigenvalue weighted by Gasteiger charge is 2.21. The number of piperazine rings is 1. The van der Waals surface area contributed by atoms with E-state index in [1.54, 1.807) is 25.3 Å². The summed E-state index contributed by atoms with van der Waals surface area (Å²) in [7, 11) is -1.96. The first-order valence-corrected chi connectivity index (χ1v) is 12.6. The number of nitrogens with zero attached hydrogens (tertiary/aromatic N) is 2. The Bertz CT molecular complexity index is 1220. The van der Waals surface area contributed by atoms with E-state index in [-0.39, 0.29) is 17.3 Å². The average Bonchev–Trinajstić information content (AvgIpc) is 2.86. The van der Waals surface area contributed by atoms with Crippen LogP contribution in [0.4, 0.5) is 5.69 Å². The molecule has 1 aliphatic heterocycles. The van der Waals surface area contributed by atoms with E-state index in [0.29, 0.717) is 25.9 Å². The van der Waals surface area contributed by atoms with Gasteiger partial charge in [-0.1, -0.05) is 36.4 Å². The maximum atomic E-state index is 12.6. The topological polar surface area (TPSA) is 79.0 Å². The molecule has 7 nitrogen and oxygen atoms in total. The van der Waals surface area contributed by atoms with Gasteiger partial charge < -0.3 is 14.5 Å². The molecule has 4 rings (SSSR count). The summed E-state index contributed by atoms with van der Waals surface area (Å²) in [6.45, 7) is 3.05. The van der Waals surface area contributed by atoms with Gasteiger partial charge in [0.05, 0.1) is 12.0 Å². The molecule has 8 heteroatoms. The van der Waals surface area contributed by atoms with E-state index < -0.39 is 10.0 Å². The van der Waals surface area contributed by atoms with Crippen LogP contribution in [0, 0.1) is 0 Å². The van der Waals surface area contributed by atoms with Crippen LogP contribution in [0.3, 0.4) is 0 Å². The SMILES string of the molecule is COc1cccc(N2CCN(C(=O)CCCNS(=O)(=O)c3ccc4ccccc4c3)CC2)c1. The second-order valence-electron chi connectivity index (χ2n) is 8.08. The van der Waals surface area contributed by atoms with Gasteiger partial charge in [0.2, 0.25) is 15.9 Å². The number of sulfonamides is 1. The zero-order chi connectivity index (χ0) is 23.3. The van der Waals surface area contributed by atoms with Crippen molar-refractivity contribution in [2.45, 2.75) is 17.7 Å². The minimum atomic E-state index is -3.61. The fraction of sp³-hybridized carbons (Fsp3) is 0.320. The van der Waals surface area contributed by atoms with E-state index in [1.807, 2.05) is 53.4 Å². The number of benzene rings is 3. The molecule has 0 bridgehead atoms. The van der Waals surface area contributed by atoms with E-state index in [9.17, 15) is 13.2 Å². The summed E-state index contributed by atoms with van der Waals surface area (Å²) in [6.07, 6.45) is 0.779. The largest absolute Gasteiger partial charge is 0.497 e. The molecule has 0 unspecified atom stereocenters. The van der Waals surface area contributed by atoms with Crippen molar-refractivity contribution in [1.82, 2.24) is 9.62 Å². The normalized spacial score (nSPS) is 14.5. The van der Waals surface area contributed by atoms with Gasteiger partial charge in [-0.15, -0.1) is 0 Å². The predicted molar refractivity (Wildman–Crippen MR) is 130 cm³/mol. The summed E-state index contributed by atoms with van der Waals surface area (Å²) in [5.74, 6) is 0.877. The predicted octanol–water partition coefficient (Wildman–Crippen LogP) is 3.26. The molecule has 1 saturated heterocycles. The summed E-state index contributed by atoms with van der Waals surface area (Å²) in [5, 5.41) is 1.87. The fourth-order valence-electron chi connectivity index (χ4n) is 4.04. The highest BCUT2D eigenvalue weighted by Crippen LogP contribution is 2.22. The van der Waals surface area contributed by atoms with Crippen LogP contribution in [0.25, 0.3) is 10.8 Å². The lowest BCUT2D eigenvalue weighted by molar-refractivity contribution is -0.131. The van der Waals surface area contributed by atoms with Crippen molar-refractivity contribution in [2.24, 2.45) is 0 Å². The van der Waals surface area contributed by atoms with Crippen LogP contribution >= 0.6 is 0 Å². The molecule has 3 aromatic carbocycles. The third-order valence-electron chi connectivity index (χ3n) is 5.94. The number of nitrogens with one attached hydrogen (secondary N) is 1. The molecule has 0 radical (unpaired) electrons. The maximum Gasteiger partial charge on any atom is 0.240 e. The molecule has 1 N–H and O–H groups in total. The molecule has 174 valence electrons. The molecule has 0 atom stereocenters. The first kappa shape index (κ1) is 23.1. The Kier molecular flexibility index (Phi) is 7.15. The Morgan fingerprint density at radius 2 is 1.70 bits per heavy atom. The zero-order valence-electron chi connectivity index (χ0n) is 18.7. The highest BCUT2D eigenvalue weighted by atomic mass is 32.2. The summed E-state index contributed by atoms with van der Waals surface area (Å²) in [4.78, 5) is 16.9. The monoisotopic (exact) mass is 467 g/mol. The van der Waals surface area contributed by atoms with Crippen LogP contribution in [-0.2, 0) is 14.8 Å². The molecule has 0 saturated carbocycles. The molecule has 1 amide bonds. The minimum Gasteiger partial charge on any atom is -0.497 e. The molecule has 0 spiro atoms. The molecule has 0 aromatic heterocycles. The summed E-state index contributed by atoms with van der Waals surface area (Å²) in [6, 6.07) is 20.6. The first-order chi connectivity index (χ1) is 16.0. The lowest BCUT2D eigenvalue weighted by Crippen LogP contribution is -2.48. The summed E-state index contributed by atoms with van der Waals surface area (Å²) >= 11 is 0. The van der Waals surface area contributed by atoms with E-state index in [0.717, 1.165) is 35.3 Å². The van der Waals surface area contributed by atoms with Gasteiger partial charge in [-0.2, -0.15) is 0 Å². The number of ether oxygens (including phenoxy) is 1. The average molecular weight is 468 g/mol. The van der Waals surface area contributed by atoms with Gasteiger partial charge >= 0.3 is 0 Å². The molecule has 3 aromatic rings. The van der Waals surface area contributed by atoms with E-state index >= 15 is 0 Å². The number of methoxy groups -OCH3 is 1. The minimum absolute atomic E-state index is 0.0604. The van der Waals surface area contributed by atoms with Gasteiger partial charge in [0.15, 0.2) is 0 Å². The van der Waals surface area contributed by atoms with E-state index in [4.69, 9.17) is 4.74 Å². The van der Waals surface area contributed by atoms with Gasteiger partial charge in [-0.25, -0.2) is 13.1 Å². The molecular formula is C25H29N3O4S. The van der Waals surface area contributed by atoms with Gasteiger partial charge in [0, 0.05) is 50.9 Å². The quantitative estimate of drug-likeness (QED) is 0.515. The third-order valence-corrected chi connectivity index (χ3v) is 7.40. The first-order valence-electron chi connectivity index (χ1n) is 11.1. The van der Waals surface area contributed by atoms with Crippen molar-refractivity contribution < 1.29 is 17.9 Å². The van der Waals surface area contributed by atoms with E-state index in [2.05, 4.69) is 9.62 Å². The Labute approximate surface area is 195 Å². The lowest BCUT2D eigenvalue weighted by Gasteiger charge is -2.36.